The standard InChI is InChI=1S/C21H33F3N4O/c1-16-4-5-19(29-3)18(14-16)7-11-27-20(25-2)26-10-6-17-8-12-28(13-9-17)15-21(22,23)24/h4-5,14,17H,6-13,15H2,1-3H3,(H2,25,26,27). The molecular formula is C21H33F3N4O. The third-order valence-corrected chi connectivity index (χ3v) is 5.30. The van der Waals surface area contributed by atoms with Crippen molar-refractivity contribution in [2.24, 2.45) is 10.9 Å². The SMILES string of the molecule is CN=C(NCCc1cc(C)ccc1OC)NCCC1CCN(CC(F)(F)F)CC1. The summed E-state index contributed by atoms with van der Waals surface area (Å²) in [5, 5.41) is 6.62. The van der Waals surface area contributed by atoms with Crippen LogP contribution in [-0.2, 0) is 6.42 Å². The number of ether oxygens (including phenoxy) is 1. The smallest absolute Gasteiger partial charge is 0.401 e. The number of benzene rings is 1. The molecule has 0 aromatic heterocycles. The van der Waals surface area contributed by atoms with Gasteiger partial charge in [0.25, 0.3) is 0 Å². The van der Waals surface area contributed by atoms with E-state index in [-0.39, 0.29) is 0 Å². The van der Waals surface area contributed by atoms with Gasteiger partial charge in [-0.3, -0.25) is 9.89 Å². The molecule has 1 fully saturated rings. The molecule has 2 rings (SSSR count). The summed E-state index contributed by atoms with van der Waals surface area (Å²) in [7, 11) is 3.41. The van der Waals surface area contributed by atoms with Crippen LogP contribution in [0.25, 0.3) is 0 Å². The van der Waals surface area contributed by atoms with Crippen LogP contribution in [-0.4, -0.2) is 63.9 Å². The Labute approximate surface area is 171 Å². The second kappa shape index (κ2) is 11.3. The fraction of sp³-hybridized carbons (Fsp3) is 0.667. The van der Waals surface area contributed by atoms with E-state index in [2.05, 4.69) is 28.6 Å². The molecular weight excluding hydrogens is 381 g/mol. The van der Waals surface area contributed by atoms with Crippen LogP contribution in [0, 0.1) is 12.8 Å². The Balaban J connectivity index is 1.65. The lowest BCUT2D eigenvalue weighted by Gasteiger charge is -2.32. The summed E-state index contributed by atoms with van der Waals surface area (Å²) in [5.74, 6) is 2.09. The van der Waals surface area contributed by atoms with Gasteiger partial charge in [0, 0.05) is 20.1 Å². The lowest BCUT2D eigenvalue weighted by Crippen LogP contribution is -2.42. The van der Waals surface area contributed by atoms with Gasteiger partial charge in [0.05, 0.1) is 13.7 Å². The number of likely N-dealkylation sites (tertiary alicyclic amines) is 1. The molecule has 1 aliphatic heterocycles. The molecule has 1 aliphatic rings. The first-order chi connectivity index (χ1) is 13.8. The summed E-state index contributed by atoms with van der Waals surface area (Å²) in [6.07, 6.45) is -0.710. The van der Waals surface area contributed by atoms with Crippen LogP contribution in [0.2, 0.25) is 0 Å². The summed E-state index contributed by atoms with van der Waals surface area (Å²) in [5.41, 5.74) is 2.35. The summed E-state index contributed by atoms with van der Waals surface area (Å²) in [4.78, 5) is 5.75. The van der Waals surface area contributed by atoms with Crippen LogP contribution in [0.4, 0.5) is 13.2 Å². The van der Waals surface area contributed by atoms with Crippen molar-refractivity contribution in [2.45, 2.75) is 38.8 Å². The number of aliphatic imine (C=N–C) groups is 1. The van der Waals surface area contributed by atoms with Crippen LogP contribution in [0.1, 0.15) is 30.4 Å². The number of alkyl halides is 3. The Kier molecular flexibility index (Phi) is 9.07. The fourth-order valence-electron chi connectivity index (χ4n) is 3.72. The zero-order chi connectivity index (χ0) is 21.3. The molecule has 0 unspecified atom stereocenters. The van der Waals surface area contributed by atoms with E-state index in [9.17, 15) is 13.2 Å². The number of methoxy groups -OCH3 is 1. The number of piperidine rings is 1. The number of hydrogen-bond donors (Lipinski definition) is 2. The van der Waals surface area contributed by atoms with Crippen LogP contribution in [0.15, 0.2) is 23.2 Å². The Hall–Kier alpha value is -1.96. The Morgan fingerprint density at radius 3 is 2.52 bits per heavy atom. The number of hydrogen-bond acceptors (Lipinski definition) is 3. The number of halogens is 3. The zero-order valence-electron chi connectivity index (χ0n) is 17.6. The molecule has 164 valence electrons. The molecule has 0 spiro atoms. The zero-order valence-corrected chi connectivity index (χ0v) is 17.6. The van der Waals surface area contributed by atoms with Gasteiger partial charge in [0.15, 0.2) is 5.96 Å². The molecule has 0 aliphatic carbocycles. The highest BCUT2D eigenvalue weighted by atomic mass is 19.4. The number of nitrogens with zero attached hydrogens (tertiary/aromatic N) is 2. The van der Waals surface area contributed by atoms with E-state index in [1.807, 2.05) is 12.1 Å². The van der Waals surface area contributed by atoms with E-state index in [0.29, 0.717) is 19.0 Å². The second-order valence-corrected chi connectivity index (χ2v) is 7.61. The van der Waals surface area contributed by atoms with E-state index in [1.165, 1.54) is 10.5 Å². The molecule has 8 heteroatoms. The summed E-state index contributed by atoms with van der Waals surface area (Å²) < 4.78 is 42.8. The Morgan fingerprint density at radius 2 is 1.90 bits per heavy atom. The van der Waals surface area contributed by atoms with Gasteiger partial charge in [-0.15, -0.1) is 0 Å². The summed E-state index contributed by atoms with van der Waals surface area (Å²) in [6, 6.07) is 6.14. The van der Waals surface area contributed by atoms with Crippen molar-refractivity contribution in [3.8, 4) is 5.75 Å². The van der Waals surface area contributed by atoms with Crippen LogP contribution in [0.3, 0.4) is 0 Å². The van der Waals surface area contributed by atoms with Gasteiger partial charge in [-0.2, -0.15) is 13.2 Å². The van der Waals surface area contributed by atoms with Crippen LogP contribution in [0.5, 0.6) is 5.75 Å². The topological polar surface area (TPSA) is 48.9 Å². The first kappa shape index (κ1) is 23.3. The van der Waals surface area contributed by atoms with Gasteiger partial charge in [0.2, 0.25) is 0 Å². The highest BCUT2D eigenvalue weighted by Gasteiger charge is 2.32. The highest BCUT2D eigenvalue weighted by molar-refractivity contribution is 5.79. The van der Waals surface area contributed by atoms with Crippen molar-refractivity contribution in [3.63, 3.8) is 0 Å². The molecule has 0 atom stereocenters. The molecule has 0 radical (unpaired) electrons. The summed E-state index contributed by atoms with van der Waals surface area (Å²) >= 11 is 0. The largest absolute Gasteiger partial charge is 0.496 e. The van der Waals surface area contributed by atoms with E-state index in [0.717, 1.165) is 56.0 Å². The summed E-state index contributed by atoms with van der Waals surface area (Å²) in [6.45, 7) is 3.81. The van der Waals surface area contributed by atoms with Crippen molar-refractivity contribution in [1.29, 1.82) is 0 Å². The molecule has 1 aromatic carbocycles. The van der Waals surface area contributed by atoms with E-state index < -0.39 is 12.7 Å². The normalized spacial score (nSPS) is 16.7. The first-order valence-electron chi connectivity index (χ1n) is 10.2. The maximum atomic E-state index is 12.5. The van der Waals surface area contributed by atoms with Gasteiger partial charge in [-0.05, 0) is 63.2 Å². The number of guanidine groups is 1. The number of aryl methyl sites for hydroxylation is 1. The van der Waals surface area contributed by atoms with Crippen molar-refractivity contribution in [1.82, 2.24) is 15.5 Å². The molecule has 1 saturated heterocycles. The molecule has 29 heavy (non-hydrogen) atoms. The van der Waals surface area contributed by atoms with Gasteiger partial charge in [-0.25, -0.2) is 0 Å². The van der Waals surface area contributed by atoms with Crippen LogP contribution < -0.4 is 15.4 Å². The maximum absolute atomic E-state index is 12.5. The minimum Gasteiger partial charge on any atom is -0.496 e. The average Bonchev–Trinajstić information content (AvgIpc) is 2.67. The molecule has 5 nitrogen and oxygen atoms in total. The predicted octanol–water partition coefficient (Wildman–Crippen LogP) is 3.38. The molecule has 1 heterocycles. The van der Waals surface area contributed by atoms with Crippen LogP contribution >= 0.6 is 0 Å². The maximum Gasteiger partial charge on any atom is 0.401 e. The third kappa shape index (κ3) is 8.51. The Morgan fingerprint density at radius 1 is 1.21 bits per heavy atom. The van der Waals surface area contributed by atoms with Crippen molar-refractivity contribution in [3.05, 3.63) is 29.3 Å². The minimum atomic E-state index is -4.10. The fourth-order valence-corrected chi connectivity index (χ4v) is 3.72. The monoisotopic (exact) mass is 414 g/mol. The third-order valence-electron chi connectivity index (χ3n) is 5.30. The molecule has 0 saturated carbocycles. The quantitative estimate of drug-likeness (QED) is 0.506. The second-order valence-electron chi connectivity index (χ2n) is 7.61. The lowest BCUT2D eigenvalue weighted by molar-refractivity contribution is -0.148. The van der Waals surface area contributed by atoms with Gasteiger partial charge >= 0.3 is 6.18 Å². The molecule has 2 N–H and O–H groups in total. The van der Waals surface area contributed by atoms with E-state index >= 15 is 0 Å². The minimum absolute atomic E-state index is 0.460. The van der Waals surface area contributed by atoms with Gasteiger partial charge in [-0.1, -0.05) is 17.7 Å². The highest BCUT2D eigenvalue weighted by Crippen LogP contribution is 2.24. The van der Waals surface area contributed by atoms with E-state index in [4.69, 9.17) is 4.74 Å². The van der Waals surface area contributed by atoms with E-state index in [1.54, 1.807) is 14.2 Å². The van der Waals surface area contributed by atoms with Crippen molar-refractivity contribution >= 4 is 5.96 Å². The molecule has 0 amide bonds. The first-order valence-corrected chi connectivity index (χ1v) is 10.2. The van der Waals surface area contributed by atoms with Gasteiger partial charge in [0.1, 0.15) is 5.75 Å². The number of rotatable bonds is 8. The molecule has 1 aromatic rings. The molecule has 0 bridgehead atoms. The predicted molar refractivity (Wildman–Crippen MR) is 111 cm³/mol. The van der Waals surface area contributed by atoms with Crippen molar-refractivity contribution < 1.29 is 17.9 Å². The Bertz CT molecular complexity index is 656. The number of nitrogens with one attached hydrogen (secondary N) is 2. The van der Waals surface area contributed by atoms with Crippen molar-refractivity contribution in [2.75, 3.05) is 46.9 Å². The lowest BCUT2D eigenvalue weighted by atomic mass is 9.93. The average molecular weight is 415 g/mol. The van der Waals surface area contributed by atoms with Gasteiger partial charge < -0.3 is 15.4 Å².